The van der Waals surface area contributed by atoms with Crippen molar-refractivity contribution in [2.24, 2.45) is 5.92 Å². The average Bonchev–Trinajstić information content (AvgIpc) is 2.45. The van der Waals surface area contributed by atoms with Gasteiger partial charge in [0, 0.05) is 19.3 Å². The lowest BCUT2D eigenvalue weighted by Crippen LogP contribution is -2.35. The van der Waals surface area contributed by atoms with Gasteiger partial charge in [0.15, 0.2) is 0 Å². The van der Waals surface area contributed by atoms with Gasteiger partial charge in [0.25, 0.3) is 0 Å². The van der Waals surface area contributed by atoms with E-state index in [0.717, 1.165) is 31.4 Å². The van der Waals surface area contributed by atoms with Gasteiger partial charge >= 0.3 is 0 Å². The Morgan fingerprint density at radius 1 is 1.28 bits per heavy atom. The summed E-state index contributed by atoms with van der Waals surface area (Å²) in [5.41, 5.74) is 0. The minimum atomic E-state index is 0.898. The molecule has 0 unspecified atom stereocenters. The third-order valence-corrected chi connectivity index (χ3v) is 3.74. The maximum Gasteiger partial charge on any atom is 0.128 e. The van der Waals surface area contributed by atoms with Gasteiger partial charge in [0.2, 0.25) is 0 Å². The summed E-state index contributed by atoms with van der Waals surface area (Å²) in [5, 5.41) is 3.50. The number of nitrogens with zero attached hydrogens (tertiary/aromatic N) is 2. The maximum atomic E-state index is 4.43. The Hall–Kier alpha value is -1.09. The molecule has 1 fully saturated rings. The molecule has 0 radical (unpaired) electrons. The molecule has 1 aliphatic rings. The molecule has 2 rings (SSSR count). The molecule has 3 nitrogen and oxygen atoms in total. The molecule has 0 bridgehead atoms. The van der Waals surface area contributed by atoms with Gasteiger partial charge in [-0.1, -0.05) is 13.0 Å². The molecular weight excluding hydrogens is 222 g/mol. The number of aromatic nitrogens is 1. The lowest BCUT2D eigenvalue weighted by atomic mass is 9.93. The SMILES string of the molecule is CCCNCCC1CCN(c2ccccn2)CC1. The van der Waals surface area contributed by atoms with Crippen LogP contribution in [-0.2, 0) is 0 Å². The van der Waals surface area contributed by atoms with Crippen LogP contribution >= 0.6 is 0 Å². The summed E-state index contributed by atoms with van der Waals surface area (Å²) in [5.74, 6) is 2.04. The summed E-state index contributed by atoms with van der Waals surface area (Å²) in [6.07, 6.45) is 7.07. The minimum absolute atomic E-state index is 0.898. The number of piperidine rings is 1. The van der Waals surface area contributed by atoms with Crippen LogP contribution in [-0.4, -0.2) is 31.2 Å². The zero-order chi connectivity index (χ0) is 12.6. The van der Waals surface area contributed by atoms with Crippen molar-refractivity contribution in [2.45, 2.75) is 32.6 Å². The van der Waals surface area contributed by atoms with E-state index in [1.54, 1.807) is 0 Å². The second-order valence-electron chi connectivity index (χ2n) is 5.16. The Morgan fingerprint density at radius 3 is 2.78 bits per heavy atom. The highest BCUT2D eigenvalue weighted by Crippen LogP contribution is 2.23. The number of rotatable bonds is 6. The van der Waals surface area contributed by atoms with E-state index in [2.05, 4.69) is 34.3 Å². The highest BCUT2D eigenvalue weighted by molar-refractivity contribution is 5.37. The Kier molecular flexibility index (Phi) is 5.46. The quantitative estimate of drug-likeness (QED) is 0.783. The number of hydrogen-bond donors (Lipinski definition) is 1. The molecule has 18 heavy (non-hydrogen) atoms. The zero-order valence-corrected chi connectivity index (χ0v) is 11.4. The summed E-state index contributed by atoms with van der Waals surface area (Å²) in [7, 11) is 0. The molecule has 1 aromatic heterocycles. The number of pyridine rings is 1. The third-order valence-electron chi connectivity index (χ3n) is 3.74. The summed E-state index contributed by atoms with van der Waals surface area (Å²) in [4.78, 5) is 6.84. The molecule has 0 atom stereocenters. The Labute approximate surface area is 111 Å². The molecule has 100 valence electrons. The number of anilines is 1. The van der Waals surface area contributed by atoms with Gasteiger partial charge in [-0.2, -0.15) is 0 Å². The van der Waals surface area contributed by atoms with Crippen molar-refractivity contribution in [2.75, 3.05) is 31.1 Å². The first kappa shape index (κ1) is 13.3. The van der Waals surface area contributed by atoms with Crippen LogP contribution in [0.15, 0.2) is 24.4 Å². The third kappa shape index (κ3) is 3.98. The van der Waals surface area contributed by atoms with Gasteiger partial charge in [-0.3, -0.25) is 0 Å². The van der Waals surface area contributed by atoms with Crippen LogP contribution in [0, 0.1) is 5.92 Å². The number of hydrogen-bond acceptors (Lipinski definition) is 3. The molecule has 2 heterocycles. The van der Waals surface area contributed by atoms with Crippen molar-refractivity contribution in [3.63, 3.8) is 0 Å². The van der Waals surface area contributed by atoms with Gasteiger partial charge in [-0.05, 0) is 56.8 Å². The van der Waals surface area contributed by atoms with Crippen molar-refractivity contribution < 1.29 is 0 Å². The molecule has 0 saturated carbocycles. The Balaban J connectivity index is 1.68. The van der Waals surface area contributed by atoms with E-state index in [-0.39, 0.29) is 0 Å². The van der Waals surface area contributed by atoms with Crippen LogP contribution in [0.3, 0.4) is 0 Å². The smallest absolute Gasteiger partial charge is 0.128 e. The van der Waals surface area contributed by atoms with Crippen LogP contribution in [0.4, 0.5) is 5.82 Å². The van der Waals surface area contributed by atoms with Gasteiger partial charge in [-0.25, -0.2) is 4.98 Å². The zero-order valence-electron chi connectivity index (χ0n) is 11.4. The summed E-state index contributed by atoms with van der Waals surface area (Å²) >= 11 is 0. The second kappa shape index (κ2) is 7.37. The molecular formula is C15H25N3. The standard InChI is InChI=1S/C15H25N3/c1-2-9-16-11-6-14-7-12-18(13-8-14)15-5-3-4-10-17-15/h3-5,10,14,16H,2,6-9,11-13H2,1H3. The van der Waals surface area contributed by atoms with Crippen molar-refractivity contribution >= 4 is 5.82 Å². The summed E-state index contributed by atoms with van der Waals surface area (Å²) < 4.78 is 0. The van der Waals surface area contributed by atoms with Crippen LogP contribution in [0.5, 0.6) is 0 Å². The fourth-order valence-corrected chi connectivity index (χ4v) is 2.60. The highest BCUT2D eigenvalue weighted by atomic mass is 15.2. The molecule has 1 aliphatic heterocycles. The van der Waals surface area contributed by atoms with E-state index in [1.807, 2.05) is 12.3 Å². The first-order valence-corrected chi connectivity index (χ1v) is 7.27. The van der Waals surface area contributed by atoms with Gasteiger partial charge in [-0.15, -0.1) is 0 Å². The highest BCUT2D eigenvalue weighted by Gasteiger charge is 2.19. The summed E-state index contributed by atoms with van der Waals surface area (Å²) in [6.45, 7) is 6.89. The van der Waals surface area contributed by atoms with Crippen LogP contribution in [0.1, 0.15) is 32.6 Å². The van der Waals surface area contributed by atoms with Gasteiger partial charge in [0.05, 0.1) is 0 Å². The molecule has 1 aromatic rings. The Bertz CT molecular complexity index is 318. The van der Waals surface area contributed by atoms with E-state index >= 15 is 0 Å². The van der Waals surface area contributed by atoms with Crippen molar-refractivity contribution in [3.8, 4) is 0 Å². The minimum Gasteiger partial charge on any atom is -0.357 e. The fourth-order valence-electron chi connectivity index (χ4n) is 2.60. The van der Waals surface area contributed by atoms with Gasteiger partial charge in [0.1, 0.15) is 5.82 Å². The Morgan fingerprint density at radius 2 is 2.11 bits per heavy atom. The lowest BCUT2D eigenvalue weighted by molar-refractivity contribution is 0.373. The van der Waals surface area contributed by atoms with Crippen molar-refractivity contribution in [3.05, 3.63) is 24.4 Å². The summed E-state index contributed by atoms with van der Waals surface area (Å²) in [6, 6.07) is 6.17. The fraction of sp³-hybridized carbons (Fsp3) is 0.667. The largest absolute Gasteiger partial charge is 0.357 e. The topological polar surface area (TPSA) is 28.2 Å². The molecule has 1 saturated heterocycles. The van der Waals surface area contributed by atoms with E-state index in [0.29, 0.717) is 0 Å². The molecule has 0 spiro atoms. The normalized spacial score (nSPS) is 17.1. The van der Waals surface area contributed by atoms with Crippen molar-refractivity contribution in [1.82, 2.24) is 10.3 Å². The van der Waals surface area contributed by atoms with E-state index in [9.17, 15) is 0 Å². The molecule has 0 amide bonds. The molecule has 0 aromatic carbocycles. The second-order valence-corrected chi connectivity index (χ2v) is 5.16. The van der Waals surface area contributed by atoms with Crippen LogP contribution < -0.4 is 10.2 Å². The monoisotopic (exact) mass is 247 g/mol. The average molecular weight is 247 g/mol. The van der Waals surface area contributed by atoms with Crippen molar-refractivity contribution in [1.29, 1.82) is 0 Å². The predicted molar refractivity (Wildman–Crippen MR) is 77.0 cm³/mol. The van der Waals surface area contributed by atoms with Gasteiger partial charge < -0.3 is 10.2 Å². The molecule has 0 aliphatic carbocycles. The van der Waals surface area contributed by atoms with E-state index in [4.69, 9.17) is 0 Å². The van der Waals surface area contributed by atoms with Crippen LogP contribution in [0.25, 0.3) is 0 Å². The first-order chi connectivity index (χ1) is 8.90. The first-order valence-electron chi connectivity index (χ1n) is 7.27. The number of nitrogens with one attached hydrogen (secondary N) is 1. The lowest BCUT2D eigenvalue weighted by Gasteiger charge is -2.32. The van der Waals surface area contributed by atoms with E-state index in [1.165, 1.54) is 32.2 Å². The maximum absolute atomic E-state index is 4.43. The molecule has 1 N–H and O–H groups in total. The van der Waals surface area contributed by atoms with Crippen LogP contribution in [0.2, 0.25) is 0 Å². The molecule has 3 heteroatoms. The predicted octanol–water partition coefficient (Wildman–Crippen LogP) is 2.69. The van der Waals surface area contributed by atoms with E-state index < -0.39 is 0 Å².